The highest BCUT2D eigenvalue weighted by Crippen LogP contribution is 2.29. The molecule has 0 atom stereocenters. The maximum Gasteiger partial charge on any atom is 0.162 e. The van der Waals surface area contributed by atoms with E-state index in [2.05, 4.69) is 12.2 Å². The predicted molar refractivity (Wildman–Crippen MR) is 53.5 cm³/mol. The molecule has 0 heterocycles. The Morgan fingerprint density at radius 2 is 1.85 bits per heavy atom. The second kappa shape index (κ2) is 3.91. The topological polar surface area (TPSA) is 17.1 Å². The lowest BCUT2D eigenvalue weighted by molar-refractivity contribution is -0.115. The summed E-state index contributed by atoms with van der Waals surface area (Å²) in [5.74, 6) is 0.380. The largest absolute Gasteiger partial charge is 0.294 e. The first-order chi connectivity index (χ1) is 6.38. The zero-order valence-corrected chi connectivity index (χ0v) is 8.01. The van der Waals surface area contributed by atoms with Crippen molar-refractivity contribution in [3.05, 3.63) is 23.3 Å². The van der Waals surface area contributed by atoms with E-state index in [0.717, 1.165) is 31.3 Å². The van der Waals surface area contributed by atoms with Crippen LogP contribution in [0.25, 0.3) is 0 Å². The second-order valence-electron chi connectivity index (χ2n) is 3.91. The van der Waals surface area contributed by atoms with Gasteiger partial charge in [-0.15, -0.1) is 0 Å². The maximum absolute atomic E-state index is 11.7. The van der Waals surface area contributed by atoms with Gasteiger partial charge in [-0.3, -0.25) is 4.79 Å². The normalized spacial score (nSPS) is 27.8. The van der Waals surface area contributed by atoms with Crippen molar-refractivity contribution in [2.24, 2.45) is 0 Å². The average Bonchev–Trinajstić information content (AvgIpc) is 2.58. The van der Waals surface area contributed by atoms with Gasteiger partial charge in [0.25, 0.3) is 0 Å². The van der Waals surface area contributed by atoms with Crippen LogP contribution in [0.2, 0.25) is 0 Å². The van der Waals surface area contributed by atoms with Crippen molar-refractivity contribution in [2.45, 2.75) is 44.9 Å². The molecule has 13 heavy (non-hydrogen) atoms. The van der Waals surface area contributed by atoms with Crippen molar-refractivity contribution < 1.29 is 4.79 Å². The molecule has 0 saturated heterocycles. The minimum atomic E-state index is 0.380. The van der Waals surface area contributed by atoms with E-state index < -0.39 is 0 Å². The zero-order valence-electron chi connectivity index (χ0n) is 8.01. The summed E-state index contributed by atoms with van der Waals surface area (Å²) in [6.45, 7) is 0. The zero-order chi connectivity index (χ0) is 9.10. The number of Topliss-reactive ketones (excluding diaryl/α,β-unsaturated/α-hetero) is 1. The van der Waals surface area contributed by atoms with E-state index in [1.165, 1.54) is 24.8 Å². The molecule has 1 heteroatoms. The Kier molecular flexibility index (Phi) is 2.62. The fourth-order valence-electron chi connectivity index (χ4n) is 2.16. The first-order valence-electron chi connectivity index (χ1n) is 5.31. The number of allylic oxidation sites excluding steroid dienone is 4. The van der Waals surface area contributed by atoms with Gasteiger partial charge >= 0.3 is 0 Å². The second-order valence-corrected chi connectivity index (χ2v) is 3.91. The molecule has 70 valence electrons. The molecule has 0 radical (unpaired) electrons. The lowest BCUT2D eigenvalue weighted by Crippen LogP contribution is -2.01. The Morgan fingerprint density at radius 3 is 2.77 bits per heavy atom. The minimum Gasteiger partial charge on any atom is -0.294 e. The van der Waals surface area contributed by atoms with E-state index in [0.29, 0.717) is 5.78 Å². The Bertz CT molecular complexity index is 271. The van der Waals surface area contributed by atoms with E-state index in [1.54, 1.807) is 0 Å². The van der Waals surface area contributed by atoms with Crippen LogP contribution in [-0.2, 0) is 4.79 Å². The van der Waals surface area contributed by atoms with Crippen molar-refractivity contribution in [1.82, 2.24) is 0 Å². The van der Waals surface area contributed by atoms with Crippen LogP contribution >= 0.6 is 0 Å². The van der Waals surface area contributed by atoms with Gasteiger partial charge < -0.3 is 0 Å². The Morgan fingerprint density at radius 1 is 0.923 bits per heavy atom. The molecule has 0 amide bonds. The van der Waals surface area contributed by atoms with Crippen LogP contribution in [0, 0.1) is 0 Å². The van der Waals surface area contributed by atoms with Crippen molar-refractivity contribution in [3.63, 3.8) is 0 Å². The number of hydrogen-bond donors (Lipinski definition) is 0. The van der Waals surface area contributed by atoms with Crippen molar-refractivity contribution >= 4 is 5.78 Å². The summed E-state index contributed by atoms with van der Waals surface area (Å²) in [5.41, 5.74) is 2.37. The van der Waals surface area contributed by atoms with Gasteiger partial charge in [0, 0.05) is 12.0 Å². The lowest BCUT2D eigenvalue weighted by atomic mass is 10.0. The van der Waals surface area contributed by atoms with Gasteiger partial charge in [0.05, 0.1) is 0 Å². The molecule has 0 fully saturated rings. The highest BCUT2D eigenvalue weighted by Gasteiger charge is 2.18. The molecule has 0 aromatic rings. The highest BCUT2D eigenvalue weighted by atomic mass is 16.1. The molecular formula is C12H16O. The molecule has 0 spiro atoms. The van der Waals surface area contributed by atoms with E-state index in [9.17, 15) is 4.79 Å². The van der Waals surface area contributed by atoms with Crippen LogP contribution in [0.15, 0.2) is 23.3 Å². The van der Waals surface area contributed by atoms with Gasteiger partial charge in [0.1, 0.15) is 0 Å². The smallest absolute Gasteiger partial charge is 0.162 e. The maximum atomic E-state index is 11.7. The van der Waals surface area contributed by atoms with E-state index in [4.69, 9.17) is 0 Å². The number of ketones is 1. The summed E-state index contributed by atoms with van der Waals surface area (Å²) in [6.07, 6.45) is 12.1. The van der Waals surface area contributed by atoms with Crippen LogP contribution in [-0.4, -0.2) is 5.78 Å². The first kappa shape index (κ1) is 8.74. The summed E-state index contributed by atoms with van der Waals surface area (Å²) in [7, 11) is 0. The lowest BCUT2D eigenvalue weighted by Gasteiger charge is -2.01. The van der Waals surface area contributed by atoms with Gasteiger partial charge in [-0.2, -0.15) is 0 Å². The summed E-state index contributed by atoms with van der Waals surface area (Å²) in [4.78, 5) is 11.7. The first-order valence-corrected chi connectivity index (χ1v) is 5.31. The van der Waals surface area contributed by atoms with Crippen LogP contribution < -0.4 is 0 Å². The Labute approximate surface area is 79.5 Å². The summed E-state index contributed by atoms with van der Waals surface area (Å²) in [5, 5.41) is 0. The van der Waals surface area contributed by atoms with Gasteiger partial charge in [-0.1, -0.05) is 18.6 Å². The standard InChI is InChI=1S/C12H16O/c13-12-9-4-2-1-3-6-10-7-5-8-11(10)12/h6,8H,1-5,7,9H2/b10-6-. The van der Waals surface area contributed by atoms with E-state index in [-0.39, 0.29) is 0 Å². The average molecular weight is 176 g/mol. The molecule has 0 aliphatic heterocycles. The third kappa shape index (κ3) is 1.90. The molecule has 0 bridgehead atoms. The van der Waals surface area contributed by atoms with Crippen LogP contribution in [0.3, 0.4) is 0 Å². The highest BCUT2D eigenvalue weighted by molar-refractivity contribution is 6.00. The summed E-state index contributed by atoms with van der Waals surface area (Å²) >= 11 is 0. The monoisotopic (exact) mass is 176 g/mol. The molecule has 0 aromatic carbocycles. The van der Waals surface area contributed by atoms with Crippen LogP contribution in [0.4, 0.5) is 0 Å². The fraction of sp³-hybridized carbons (Fsp3) is 0.583. The number of fused-ring (bicyclic) bond motifs is 1. The molecular weight excluding hydrogens is 160 g/mol. The van der Waals surface area contributed by atoms with Gasteiger partial charge in [0.2, 0.25) is 0 Å². The van der Waals surface area contributed by atoms with Crippen LogP contribution in [0.1, 0.15) is 44.9 Å². The summed E-state index contributed by atoms with van der Waals surface area (Å²) < 4.78 is 0. The van der Waals surface area contributed by atoms with Gasteiger partial charge in [0.15, 0.2) is 5.78 Å². The van der Waals surface area contributed by atoms with E-state index >= 15 is 0 Å². The third-order valence-electron chi connectivity index (χ3n) is 2.91. The number of carbonyl (C=O) groups excluding carboxylic acids is 1. The van der Waals surface area contributed by atoms with Crippen LogP contribution in [0.5, 0.6) is 0 Å². The minimum absolute atomic E-state index is 0.380. The van der Waals surface area contributed by atoms with Crippen molar-refractivity contribution in [2.75, 3.05) is 0 Å². The number of hydrogen-bond acceptors (Lipinski definition) is 1. The number of rotatable bonds is 0. The quantitative estimate of drug-likeness (QED) is 0.554. The predicted octanol–water partition coefficient (Wildman–Crippen LogP) is 3.17. The van der Waals surface area contributed by atoms with Gasteiger partial charge in [-0.25, -0.2) is 0 Å². The van der Waals surface area contributed by atoms with E-state index in [1.807, 2.05) is 0 Å². The Balaban J connectivity index is 2.20. The summed E-state index contributed by atoms with van der Waals surface area (Å²) in [6, 6.07) is 0. The molecule has 2 aliphatic carbocycles. The third-order valence-corrected chi connectivity index (χ3v) is 2.91. The van der Waals surface area contributed by atoms with Crippen molar-refractivity contribution in [1.29, 1.82) is 0 Å². The van der Waals surface area contributed by atoms with Crippen molar-refractivity contribution in [3.8, 4) is 0 Å². The fourth-order valence-corrected chi connectivity index (χ4v) is 2.16. The molecule has 2 rings (SSSR count). The molecule has 0 unspecified atom stereocenters. The molecule has 0 saturated carbocycles. The van der Waals surface area contributed by atoms with Gasteiger partial charge in [-0.05, 0) is 37.7 Å². The molecule has 2 aliphatic rings. The molecule has 0 N–H and O–H groups in total. The molecule has 1 nitrogen and oxygen atoms in total. The SMILES string of the molecule is O=C1CCCCC/C=C2/CCC=C12. The molecule has 0 aromatic heterocycles. The Hall–Kier alpha value is -0.850. The number of carbonyl (C=O) groups is 1.